The van der Waals surface area contributed by atoms with E-state index in [9.17, 15) is 9.18 Å². The van der Waals surface area contributed by atoms with Crippen LogP contribution >= 0.6 is 0 Å². The Morgan fingerprint density at radius 3 is 2.39 bits per heavy atom. The molecule has 1 amide bonds. The fourth-order valence-corrected chi connectivity index (χ4v) is 4.63. The Bertz CT molecular complexity index is 1020. The molecule has 0 saturated heterocycles. The van der Waals surface area contributed by atoms with Crippen molar-refractivity contribution in [1.29, 1.82) is 0 Å². The van der Waals surface area contributed by atoms with E-state index in [-0.39, 0.29) is 23.8 Å². The first kappa shape index (κ1) is 17.2. The number of nitrogens with one attached hydrogen (secondary N) is 1. The highest BCUT2D eigenvalue weighted by Gasteiger charge is 2.45. The van der Waals surface area contributed by atoms with E-state index in [2.05, 4.69) is 22.3 Å². The molecule has 3 aromatic rings. The van der Waals surface area contributed by atoms with Crippen LogP contribution in [0.3, 0.4) is 0 Å². The van der Waals surface area contributed by atoms with Crippen molar-refractivity contribution in [3.8, 4) is 11.3 Å². The minimum absolute atomic E-state index is 0.00193. The summed E-state index contributed by atoms with van der Waals surface area (Å²) in [7, 11) is 0. The zero-order valence-electron chi connectivity index (χ0n) is 15.8. The van der Waals surface area contributed by atoms with Crippen molar-refractivity contribution >= 4 is 5.91 Å². The number of amides is 1. The second-order valence-corrected chi connectivity index (χ2v) is 7.83. The molecule has 5 rings (SSSR count). The first-order valence-electron chi connectivity index (χ1n) is 9.87. The third-order valence-electron chi connectivity index (χ3n) is 6.03. The number of benzene rings is 2. The number of carbonyl (C=O) groups excluding carboxylic acids is 1. The largest absolute Gasteiger partial charge is 0.323 e. The summed E-state index contributed by atoms with van der Waals surface area (Å²) in [6.07, 6.45) is 4.31. The minimum Gasteiger partial charge on any atom is -0.323 e. The topological polar surface area (TPSA) is 49.0 Å². The van der Waals surface area contributed by atoms with Crippen LogP contribution in [0.1, 0.15) is 58.9 Å². The Hall–Kier alpha value is -2.95. The molecule has 4 nitrogen and oxygen atoms in total. The summed E-state index contributed by atoms with van der Waals surface area (Å²) in [6.45, 7) is 2.05. The molecule has 0 radical (unpaired) electrons. The quantitative estimate of drug-likeness (QED) is 0.699. The van der Waals surface area contributed by atoms with Gasteiger partial charge in [0.25, 0.3) is 5.91 Å². The highest BCUT2D eigenvalue weighted by molar-refractivity contribution is 6.00. The lowest BCUT2D eigenvalue weighted by Crippen LogP contribution is -2.37. The number of fused-ring (bicyclic) bond motifs is 1. The molecule has 1 aliphatic carbocycles. The normalized spacial score (nSPS) is 19.4. The number of hydrogen-bond acceptors (Lipinski definition) is 2. The standard InChI is InChI=1S/C23H22FN3O/c1-14-6-8-15(9-7-14)20-19-21(26-25-20)23(28)27(18-4-2-3-5-18)22(19)16-10-12-17(24)13-11-16/h6-13,18,22H,2-5H2,1H3,(H,25,26). The van der Waals surface area contributed by atoms with Crippen LogP contribution in [-0.2, 0) is 0 Å². The van der Waals surface area contributed by atoms with Gasteiger partial charge in [-0.3, -0.25) is 9.89 Å². The predicted molar refractivity (Wildman–Crippen MR) is 105 cm³/mol. The highest BCUT2D eigenvalue weighted by atomic mass is 19.1. The van der Waals surface area contributed by atoms with E-state index in [4.69, 9.17) is 0 Å². The molecule has 0 spiro atoms. The number of aromatic amines is 1. The van der Waals surface area contributed by atoms with E-state index in [0.717, 1.165) is 48.1 Å². The van der Waals surface area contributed by atoms with Crippen LogP contribution in [0.4, 0.5) is 4.39 Å². The van der Waals surface area contributed by atoms with Gasteiger partial charge in [-0.05, 0) is 37.5 Å². The Morgan fingerprint density at radius 2 is 1.71 bits per heavy atom. The summed E-state index contributed by atoms with van der Waals surface area (Å²) in [6, 6.07) is 14.7. The molecule has 1 saturated carbocycles. The molecule has 1 unspecified atom stereocenters. The van der Waals surface area contributed by atoms with Gasteiger partial charge in [0.15, 0.2) is 0 Å². The Kier molecular flexibility index (Phi) is 4.04. The van der Waals surface area contributed by atoms with E-state index in [1.165, 1.54) is 17.7 Å². The average Bonchev–Trinajstić information content (AvgIpc) is 3.41. The summed E-state index contributed by atoms with van der Waals surface area (Å²) in [5.74, 6) is -0.270. The van der Waals surface area contributed by atoms with Crippen molar-refractivity contribution in [2.45, 2.75) is 44.7 Å². The molecule has 142 valence electrons. The number of rotatable bonds is 3. The number of aryl methyl sites for hydroxylation is 1. The summed E-state index contributed by atoms with van der Waals surface area (Å²) >= 11 is 0. The highest BCUT2D eigenvalue weighted by Crippen LogP contribution is 2.45. The maximum absolute atomic E-state index is 13.6. The molecule has 2 aromatic carbocycles. The van der Waals surface area contributed by atoms with Crippen molar-refractivity contribution < 1.29 is 9.18 Å². The van der Waals surface area contributed by atoms with Gasteiger partial charge in [0.05, 0.1) is 11.7 Å². The molecule has 1 fully saturated rings. The van der Waals surface area contributed by atoms with Crippen molar-refractivity contribution in [1.82, 2.24) is 15.1 Å². The smallest absolute Gasteiger partial charge is 0.273 e. The number of aromatic nitrogens is 2. The zero-order chi connectivity index (χ0) is 19.3. The van der Waals surface area contributed by atoms with Gasteiger partial charge in [0, 0.05) is 17.2 Å². The maximum atomic E-state index is 13.6. The third-order valence-corrected chi connectivity index (χ3v) is 6.03. The van der Waals surface area contributed by atoms with Crippen LogP contribution < -0.4 is 0 Å². The second kappa shape index (κ2) is 6.59. The van der Waals surface area contributed by atoms with E-state index in [0.29, 0.717) is 5.69 Å². The Balaban J connectivity index is 1.67. The van der Waals surface area contributed by atoms with E-state index in [1.54, 1.807) is 12.1 Å². The van der Waals surface area contributed by atoms with Gasteiger partial charge < -0.3 is 4.90 Å². The molecule has 1 atom stereocenters. The summed E-state index contributed by atoms with van der Waals surface area (Å²) in [4.78, 5) is 15.3. The van der Waals surface area contributed by atoms with Gasteiger partial charge in [-0.15, -0.1) is 0 Å². The van der Waals surface area contributed by atoms with Crippen LogP contribution in [0.5, 0.6) is 0 Å². The number of halogens is 1. The Morgan fingerprint density at radius 1 is 1.04 bits per heavy atom. The van der Waals surface area contributed by atoms with E-state index in [1.807, 2.05) is 24.0 Å². The summed E-state index contributed by atoms with van der Waals surface area (Å²) in [5, 5.41) is 7.49. The Labute approximate surface area is 163 Å². The maximum Gasteiger partial charge on any atom is 0.273 e. The van der Waals surface area contributed by atoms with Crippen LogP contribution in [-0.4, -0.2) is 27.0 Å². The van der Waals surface area contributed by atoms with Crippen LogP contribution in [0.2, 0.25) is 0 Å². The summed E-state index contributed by atoms with van der Waals surface area (Å²) in [5.41, 5.74) is 5.36. The van der Waals surface area contributed by atoms with Gasteiger partial charge in [0.1, 0.15) is 11.5 Å². The molecular weight excluding hydrogens is 353 g/mol. The van der Waals surface area contributed by atoms with Gasteiger partial charge in [-0.25, -0.2) is 4.39 Å². The number of hydrogen-bond donors (Lipinski definition) is 1. The molecule has 5 heteroatoms. The molecule has 1 aliphatic heterocycles. The molecular formula is C23H22FN3O. The van der Waals surface area contributed by atoms with Crippen LogP contribution in [0.25, 0.3) is 11.3 Å². The first-order chi connectivity index (χ1) is 13.6. The monoisotopic (exact) mass is 375 g/mol. The SMILES string of the molecule is Cc1ccc(-c2n[nH]c3c2C(c2ccc(F)cc2)N(C2CCCC2)C3=O)cc1. The molecule has 2 aliphatic rings. The third kappa shape index (κ3) is 2.65. The number of H-pyrrole nitrogens is 1. The van der Waals surface area contributed by atoms with Gasteiger partial charge in [-0.2, -0.15) is 5.10 Å². The average molecular weight is 375 g/mol. The van der Waals surface area contributed by atoms with Crippen LogP contribution in [0.15, 0.2) is 48.5 Å². The molecule has 1 aromatic heterocycles. The first-order valence-corrected chi connectivity index (χ1v) is 9.87. The van der Waals surface area contributed by atoms with Gasteiger partial charge in [0.2, 0.25) is 0 Å². The lowest BCUT2D eigenvalue weighted by atomic mass is 9.95. The number of nitrogens with zero attached hydrogens (tertiary/aromatic N) is 2. The summed E-state index contributed by atoms with van der Waals surface area (Å²) < 4.78 is 13.6. The predicted octanol–water partition coefficient (Wildman–Crippen LogP) is 5.01. The lowest BCUT2D eigenvalue weighted by Gasteiger charge is -2.31. The zero-order valence-corrected chi connectivity index (χ0v) is 15.8. The fourth-order valence-electron chi connectivity index (χ4n) is 4.63. The molecule has 28 heavy (non-hydrogen) atoms. The number of carbonyl (C=O) groups is 1. The molecule has 1 N–H and O–H groups in total. The van der Waals surface area contributed by atoms with Crippen molar-refractivity contribution in [3.63, 3.8) is 0 Å². The fraction of sp³-hybridized carbons (Fsp3) is 0.304. The van der Waals surface area contributed by atoms with Gasteiger partial charge >= 0.3 is 0 Å². The van der Waals surface area contributed by atoms with E-state index >= 15 is 0 Å². The second-order valence-electron chi connectivity index (χ2n) is 7.83. The van der Waals surface area contributed by atoms with Crippen molar-refractivity contribution in [2.24, 2.45) is 0 Å². The van der Waals surface area contributed by atoms with Crippen molar-refractivity contribution in [3.05, 3.63) is 76.7 Å². The molecule has 2 heterocycles. The van der Waals surface area contributed by atoms with Crippen LogP contribution in [0, 0.1) is 12.7 Å². The molecule has 0 bridgehead atoms. The van der Waals surface area contributed by atoms with Crippen molar-refractivity contribution in [2.75, 3.05) is 0 Å². The lowest BCUT2D eigenvalue weighted by molar-refractivity contribution is 0.0660. The van der Waals surface area contributed by atoms with Gasteiger partial charge in [-0.1, -0.05) is 54.8 Å². The minimum atomic E-state index is -0.272. The van der Waals surface area contributed by atoms with E-state index < -0.39 is 0 Å².